The molecule has 0 saturated carbocycles. The van der Waals surface area contributed by atoms with Crippen molar-refractivity contribution >= 4 is 11.9 Å². The van der Waals surface area contributed by atoms with Crippen molar-refractivity contribution in [3.05, 3.63) is 144 Å². The van der Waals surface area contributed by atoms with Gasteiger partial charge in [0.1, 0.15) is 37.6 Å². The Kier molecular flexibility index (Phi) is 8.67. The minimum atomic E-state index is -0.791. The van der Waals surface area contributed by atoms with Crippen molar-refractivity contribution in [2.45, 2.75) is 37.0 Å². The summed E-state index contributed by atoms with van der Waals surface area (Å²) in [7, 11) is 0. The van der Waals surface area contributed by atoms with Crippen LogP contribution in [0.1, 0.15) is 44.4 Å². The van der Waals surface area contributed by atoms with Crippen LogP contribution < -0.4 is 0 Å². The Bertz CT molecular complexity index is 1340. The Morgan fingerprint density at radius 3 is 1.17 bits per heavy atom. The lowest BCUT2D eigenvalue weighted by atomic mass is 9.98. The van der Waals surface area contributed by atoms with Crippen molar-refractivity contribution in [1.29, 1.82) is 0 Å². The van der Waals surface area contributed by atoms with E-state index >= 15 is 0 Å². The topological polar surface area (TPSA) is 89.5 Å². The van der Waals surface area contributed by atoms with E-state index in [0.717, 1.165) is 11.1 Å². The Morgan fingerprint density at radius 1 is 0.476 bits per heavy atom. The third-order valence-corrected chi connectivity index (χ3v) is 7.13. The Balaban J connectivity index is 1.27. The Morgan fingerprint density at radius 2 is 0.810 bits per heavy atom. The highest BCUT2D eigenvalue weighted by atomic mass is 16.8. The van der Waals surface area contributed by atoms with E-state index in [1.54, 1.807) is 48.5 Å². The molecule has 0 aromatic heterocycles. The lowest BCUT2D eigenvalue weighted by Crippen LogP contribution is -2.60. The van der Waals surface area contributed by atoms with Gasteiger partial charge in [0.05, 0.1) is 11.1 Å². The Hall–Kier alpha value is -4.34. The highest BCUT2D eigenvalue weighted by molar-refractivity contribution is 5.89. The number of ether oxygens (including phenoxy) is 6. The van der Waals surface area contributed by atoms with Crippen LogP contribution in [0.25, 0.3) is 0 Å². The fourth-order valence-corrected chi connectivity index (χ4v) is 5.01. The first-order valence-electron chi connectivity index (χ1n) is 13.8. The lowest BCUT2D eigenvalue weighted by molar-refractivity contribution is -0.386. The van der Waals surface area contributed by atoms with Gasteiger partial charge in [-0.15, -0.1) is 0 Å². The highest BCUT2D eigenvalue weighted by Crippen LogP contribution is 2.41. The van der Waals surface area contributed by atoms with Crippen molar-refractivity contribution in [2.75, 3.05) is 13.2 Å². The molecule has 2 fully saturated rings. The van der Waals surface area contributed by atoms with Gasteiger partial charge >= 0.3 is 11.9 Å². The summed E-state index contributed by atoms with van der Waals surface area (Å²) < 4.78 is 37.0. The maximum absolute atomic E-state index is 12.8. The molecule has 6 atom stereocenters. The summed E-state index contributed by atoms with van der Waals surface area (Å²) in [5.74, 6) is -0.947. The molecule has 42 heavy (non-hydrogen) atoms. The molecule has 8 nitrogen and oxygen atoms in total. The molecule has 2 saturated heterocycles. The smallest absolute Gasteiger partial charge is 0.338 e. The van der Waals surface area contributed by atoms with Crippen molar-refractivity contribution < 1.29 is 38.0 Å². The van der Waals surface area contributed by atoms with E-state index < -0.39 is 48.9 Å². The molecule has 0 bridgehead atoms. The molecule has 2 heterocycles. The third-order valence-electron chi connectivity index (χ3n) is 7.13. The highest BCUT2D eigenvalue weighted by Gasteiger charge is 2.51. The summed E-state index contributed by atoms with van der Waals surface area (Å²) in [6.45, 7) is -0.167. The van der Waals surface area contributed by atoms with Gasteiger partial charge in [0.15, 0.2) is 12.6 Å². The second-order valence-corrected chi connectivity index (χ2v) is 9.96. The Labute approximate surface area is 243 Å². The molecule has 0 unspecified atom stereocenters. The zero-order valence-electron chi connectivity index (χ0n) is 22.7. The summed E-state index contributed by atoms with van der Waals surface area (Å²) in [6, 6.07) is 36.4. The van der Waals surface area contributed by atoms with Crippen LogP contribution in [0.15, 0.2) is 121 Å². The van der Waals surface area contributed by atoms with Gasteiger partial charge in [0.2, 0.25) is 0 Å². The quantitative estimate of drug-likeness (QED) is 0.252. The van der Waals surface area contributed by atoms with Crippen molar-refractivity contribution in [1.82, 2.24) is 0 Å². The van der Waals surface area contributed by atoms with E-state index in [-0.39, 0.29) is 13.2 Å². The van der Waals surface area contributed by atoms with E-state index in [9.17, 15) is 9.59 Å². The van der Waals surface area contributed by atoms with Crippen molar-refractivity contribution in [3.8, 4) is 0 Å². The van der Waals surface area contributed by atoms with Crippen LogP contribution in [0.2, 0.25) is 0 Å². The normalized spacial score (nSPS) is 25.1. The van der Waals surface area contributed by atoms with Gasteiger partial charge in [0.25, 0.3) is 0 Å². The molecule has 0 N–H and O–H groups in total. The maximum Gasteiger partial charge on any atom is 0.338 e. The molecule has 0 amide bonds. The van der Waals surface area contributed by atoms with Crippen LogP contribution in [0.5, 0.6) is 0 Å². The predicted octanol–water partition coefficient (Wildman–Crippen LogP) is 5.67. The van der Waals surface area contributed by atoms with Crippen LogP contribution in [0.3, 0.4) is 0 Å². The first-order valence-corrected chi connectivity index (χ1v) is 13.8. The average molecular weight is 567 g/mol. The number of fused-ring (bicyclic) bond motifs is 1. The monoisotopic (exact) mass is 566 g/mol. The molecule has 0 aliphatic carbocycles. The van der Waals surface area contributed by atoms with Gasteiger partial charge in [-0.25, -0.2) is 9.59 Å². The number of benzene rings is 4. The lowest BCUT2D eigenvalue weighted by Gasteiger charge is -2.48. The molecular formula is C34H30O8. The van der Waals surface area contributed by atoms with E-state index in [1.165, 1.54) is 0 Å². The third kappa shape index (κ3) is 6.42. The second-order valence-electron chi connectivity index (χ2n) is 9.96. The standard InChI is InChI=1S/C34H30O8/c35-31(23-13-5-1-6-14-23)37-21-27-29-30(42-33(39-27)25-17-9-3-10-18-25)28(22-38-32(36)24-15-7-2-8-16-24)40-34(41-29)26-19-11-4-12-20-26/h1-20,27-30,33-34H,21-22H2/t27-,28-,29-,30+,33-,34-/m0/s1. The number of carbonyl (C=O) groups is 2. The number of carbonyl (C=O) groups excluding carboxylic acids is 2. The first-order chi connectivity index (χ1) is 20.7. The molecule has 2 aliphatic heterocycles. The largest absolute Gasteiger partial charge is 0.459 e. The van der Waals surface area contributed by atoms with Crippen molar-refractivity contribution in [3.63, 3.8) is 0 Å². The average Bonchev–Trinajstić information content (AvgIpc) is 3.07. The summed E-state index contributed by atoms with van der Waals surface area (Å²) >= 11 is 0. The number of esters is 2. The van der Waals surface area contributed by atoms with Gasteiger partial charge < -0.3 is 28.4 Å². The van der Waals surface area contributed by atoms with Crippen LogP contribution in [-0.4, -0.2) is 49.6 Å². The first kappa shape index (κ1) is 27.8. The molecule has 2 aliphatic rings. The van der Waals surface area contributed by atoms with Gasteiger partial charge in [-0.05, 0) is 24.3 Å². The number of hydrogen-bond donors (Lipinski definition) is 0. The molecule has 4 aromatic rings. The summed E-state index contributed by atoms with van der Waals surface area (Å²) in [4.78, 5) is 25.7. The van der Waals surface area contributed by atoms with Crippen LogP contribution >= 0.6 is 0 Å². The predicted molar refractivity (Wildman–Crippen MR) is 151 cm³/mol. The zero-order valence-corrected chi connectivity index (χ0v) is 22.7. The minimum absolute atomic E-state index is 0.0837. The van der Waals surface area contributed by atoms with Gasteiger partial charge in [0, 0.05) is 11.1 Å². The zero-order chi connectivity index (χ0) is 28.7. The SMILES string of the molecule is O=C(OC[C@@H]1O[C@H](c2ccccc2)O[C@H]2[C@H]1O[C@@H](c1ccccc1)O[C@H]2COC(=O)c1ccccc1)c1ccccc1. The van der Waals surface area contributed by atoms with Crippen LogP contribution in [-0.2, 0) is 28.4 Å². The fourth-order valence-electron chi connectivity index (χ4n) is 5.01. The summed E-state index contributed by atoms with van der Waals surface area (Å²) in [5.41, 5.74) is 2.42. The van der Waals surface area contributed by atoms with Crippen LogP contribution in [0.4, 0.5) is 0 Å². The molecule has 8 heteroatoms. The summed E-state index contributed by atoms with van der Waals surface area (Å²) in [6.07, 6.45) is -4.39. The number of rotatable bonds is 8. The van der Waals surface area contributed by atoms with E-state index in [1.807, 2.05) is 72.8 Å². The van der Waals surface area contributed by atoms with Crippen molar-refractivity contribution in [2.24, 2.45) is 0 Å². The summed E-state index contributed by atoms with van der Waals surface area (Å²) in [5, 5.41) is 0. The van der Waals surface area contributed by atoms with Gasteiger partial charge in [-0.1, -0.05) is 97.1 Å². The number of hydrogen-bond acceptors (Lipinski definition) is 8. The van der Waals surface area contributed by atoms with E-state index in [4.69, 9.17) is 28.4 Å². The van der Waals surface area contributed by atoms with Gasteiger partial charge in [-0.3, -0.25) is 0 Å². The molecule has 4 aromatic carbocycles. The van der Waals surface area contributed by atoms with E-state index in [0.29, 0.717) is 11.1 Å². The van der Waals surface area contributed by atoms with Gasteiger partial charge in [-0.2, -0.15) is 0 Å². The minimum Gasteiger partial charge on any atom is -0.459 e. The van der Waals surface area contributed by atoms with Crippen LogP contribution in [0, 0.1) is 0 Å². The molecule has 0 spiro atoms. The molecule has 6 rings (SSSR count). The fraction of sp³-hybridized carbons (Fsp3) is 0.235. The van der Waals surface area contributed by atoms with E-state index in [2.05, 4.69) is 0 Å². The molecule has 0 radical (unpaired) electrons. The maximum atomic E-state index is 12.8. The molecule has 214 valence electrons. The second kappa shape index (κ2) is 13.1. The molecular weight excluding hydrogens is 536 g/mol.